The predicted molar refractivity (Wildman–Crippen MR) is 69.9 cm³/mol. The highest BCUT2D eigenvalue weighted by Gasteiger charge is 2.22. The van der Waals surface area contributed by atoms with Crippen LogP contribution in [0.25, 0.3) is 0 Å². The Hall–Kier alpha value is -2.50. The van der Waals surface area contributed by atoms with Crippen molar-refractivity contribution in [1.29, 1.82) is 0 Å². The topological polar surface area (TPSA) is 46.3 Å². The molecule has 1 amide bonds. The van der Waals surface area contributed by atoms with Crippen LogP contribution in [-0.4, -0.2) is 13.0 Å². The lowest BCUT2D eigenvalue weighted by molar-refractivity contribution is 0.0988. The molecule has 0 aliphatic carbocycles. The summed E-state index contributed by atoms with van der Waals surface area (Å²) in [5, 5.41) is 0. The zero-order valence-corrected chi connectivity index (χ0v) is 10.5. The summed E-state index contributed by atoms with van der Waals surface area (Å²) in [5.74, 6) is -3.40. The van der Waals surface area contributed by atoms with Crippen LogP contribution in [0.4, 0.5) is 24.5 Å². The van der Waals surface area contributed by atoms with Crippen LogP contribution < -0.4 is 10.6 Å². The van der Waals surface area contributed by atoms with Crippen molar-refractivity contribution in [2.45, 2.75) is 0 Å². The number of carbonyl (C=O) groups is 1. The molecule has 3 nitrogen and oxygen atoms in total. The molecule has 2 rings (SSSR count). The maximum absolute atomic E-state index is 13.8. The number of rotatable bonds is 2. The van der Waals surface area contributed by atoms with Crippen molar-refractivity contribution in [2.75, 3.05) is 17.7 Å². The Balaban J connectivity index is 2.44. The zero-order chi connectivity index (χ0) is 14.9. The molecular weight excluding hydrogens is 269 g/mol. The van der Waals surface area contributed by atoms with Gasteiger partial charge in [-0.25, -0.2) is 13.2 Å². The Bertz CT molecular complexity index is 673. The first-order chi connectivity index (χ1) is 9.41. The third-order valence-corrected chi connectivity index (χ3v) is 2.81. The maximum atomic E-state index is 13.8. The second-order valence-corrected chi connectivity index (χ2v) is 4.17. The van der Waals surface area contributed by atoms with E-state index in [0.717, 1.165) is 23.1 Å². The average molecular weight is 280 g/mol. The Morgan fingerprint density at radius 1 is 1.15 bits per heavy atom. The fraction of sp³-hybridized carbons (Fsp3) is 0.0714. The van der Waals surface area contributed by atoms with E-state index in [4.69, 9.17) is 5.73 Å². The molecule has 0 fully saturated rings. The fourth-order valence-corrected chi connectivity index (χ4v) is 1.78. The number of nitrogens with zero attached hydrogens (tertiary/aromatic N) is 1. The molecule has 0 aliphatic rings. The smallest absolute Gasteiger partial charge is 0.261 e. The summed E-state index contributed by atoms with van der Waals surface area (Å²) in [6, 6.07) is 7.00. The Labute approximate surface area is 113 Å². The lowest BCUT2D eigenvalue weighted by atomic mass is 10.1. The van der Waals surface area contributed by atoms with Gasteiger partial charge >= 0.3 is 0 Å². The van der Waals surface area contributed by atoms with E-state index in [0.29, 0.717) is 0 Å². The van der Waals surface area contributed by atoms with Crippen LogP contribution in [0, 0.1) is 17.5 Å². The lowest BCUT2D eigenvalue weighted by Crippen LogP contribution is -2.28. The van der Waals surface area contributed by atoms with Crippen molar-refractivity contribution in [1.82, 2.24) is 0 Å². The predicted octanol–water partition coefficient (Wildman–Crippen LogP) is 2.96. The van der Waals surface area contributed by atoms with E-state index in [2.05, 4.69) is 0 Å². The zero-order valence-electron chi connectivity index (χ0n) is 10.5. The summed E-state index contributed by atoms with van der Waals surface area (Å²) in [5.41, 5.74) is 4.20. The minimum absolute atomic E-state index is 0.0419. The van der Waals surface area contributed by atoms with Gasteiger partial charge in [0.2, 0.25) is 0 Å². The molecule has 0 unspecified atom stereocenters. The van der Waals surface area contributed by atoms with E-state index < -0.39 is 34.6 Å². The average Bonchev–Trinajstić information content (AvgIpc) is 2.42. The molecular formula is C14H11F3N2O. The highest BCUT2D eigenvalue weighted by Crippen LogP contribution is 2.23. The van der Waals surface area contributed by atoms with Crippen LogP contribution in [0.15, 0.2) is 36.4 Å². The van der Waals surface area contributed by atoms with E-state index in [1.54, 1.807) is 0 Å². The second kappa shape index (κ2) is 5.24. The number of nitrogens with two attached hydrogens (primary N) is 1. The van der Waals surface area contributed by atoms with Gasteiger partial charge in [-0.2, -0.15) is 0 Å². The van der Waals surface area contributed by atoms with Crippen LogP contribution in [0.1, 0.15) is 10.4 Å². The van der Waals surface area contributed by atoms with E-state index in [1.165, 1.54) is 25.2 Å². The van der Waals surface area contributed by atoms with Gasteiger partial charge in [-0.05, 0) is 24.3 Å². The van der Waals surface area contributed by atoms with Gasteiger partial charge in [-0.1, -0.05) is 12.1 Å². The van der Waals surface area contributed by atoms with E-state index in [1.807, 2.05) is 0 Å². The van der Waals surface area contributed by atoms with Gasteiger partial charge in [0, 0.05) is 7.05 Å². The van der Waals surface area contributed by atoms with Crippen LogP contribution in [0.3, 0.4) is 0 Å². The summed E-state index contributed by atoms with van der Waals surface area (Å²) < 4.78 is 40.6. The number of para-hydroxylation sites is 1. The maximum Gasteiger partial charge on any atom is 0.261 e. The standard InChI is InChI=1S/C14H11F3N2O/c1-19(12-5-3-2-4-10(12)16)14(20)9-6-8(15)7-11(18)13(9)17/h2-7H,18H2,1H3. The van der Waals surface area contributed by atoms with Gasteiger partial charge in [0.1, 0.15) is 11.6 Å². The lowest BCUT2D eigenvalue weighted by Gasteiger charge is -2.18. The quantitative estimate of drug-likeness (QED) is 0.860. The number of halogens is 3. The van der Waals surface area contributed by atoms with Gasteiger partial charge in [0.05, 0.1) is 16.9 Å². The van der Waals surface area contributed by atoms with E-state index in [-0.39, 0.29) is 5.69 Å². The van der Waals surface area contributed by atoms with Crippen molar-refractivity contribution >= 4 is 17.3 Å². The number of nitrogen functional groups attached to an aromatic ring is 1. The summed E-state index contributed by atoms with van der Waals surface area (Å²) in [6.45, 7) is 0. The van der Waals surface area contributed by atoms with Crippen molar-refractivity contribution < 1.29 is 18.0 Å². The van der Waals surface area contributed by atoms with Gasteiger partial charge < -0.3 is 10.6 Å². The number of benzene rings is 2. The molecule has 104 valence electrons. The van der Waals surface area contributed by atoms with Crippen LogP contribution in [0.5, 0.6) is 0 Å². The molecule has 2 aromatic carbocycles. The van der Waals surface area contributed by atoms with Crippen molar-refractivity contribution in [3.63, 3.8) is 0 Å². The summed E-state index contributed by atoms with van der Waals surface area (Å²) >= 11 is 0. The largest absolute Gasteiger partial charge is 0.396 e. The molecule has 0 bridgehead atoms. The minimum Gasteiger partial charge on any atom is -0.396 e. The number of amides is 1. The summed E-state index contributed by atoms with van der Waals surface area (Å²) in [4.78, 5) is 13.0. The highest BCUT2D eigenvalue weighted by molar-refractivity contribution is 6.06. The highest BCUT2D eigenvalue weighted by atomic mass is 19.1. The van der Waals surface area contributed by atoms with Crippen LogP contribution in [0.2, 0.25) is 0 Å². The normalized spacial score (nSPS) is 10.4. The van der Waals surface area contributed by atoms with Gasteiger partial charge in [-0.15, -0.1) is 0 Å². The minimum atomic E-state index is -1.03. The van der Waals surface area contributed by atoms with Crippen LogP contribution >= 0.6 is 0 Å². The van der Waals surface area contributed by atoms with Gasteiger partial charge in [-0.3, -0.25) is 4.79 Å². The fourth-order valence-electron chi connectivity index (χ4n) is 1.78. The van der Waals surface area contributed by atoms with Gasteiger partial charge in [0.25, 0.3) is 5.91 Å². The van der Waals surface area contributed by atoms with E-state index in [9.17, 15) is 18.0 Å². The Kier molecular flexibility index (Phi) is 3.65. The van der Waals surface area contributed by atoms with Crippen molar-refractivity contribution in [3.8, 4) is 0 Å². The molecule has 2 aromatic rings. The third kappa shape index (κ3) is 2.45. The molecule has 0 spiro atoms. The Morgan fingerprint density at radius 2 is 1.80 bits per heavy atom. The van der Waals surface area contributed by atoms with E-state index >= 15 is 0 Å². The molecule has 6 heteroatoms. The number of anilines is 2. The summed E-state index contributed by atoms with van der Waals surface area (Å²) in [6.07, 6.45) is 0. The SMILES string of the molecule is CN(C(=O)c1cc(F)cc(N)c1F)c1ccccc1F. The van der Waals surface area contributed by atoms with Crippen LogP contribution in [-0.2, 0) is 0 Å². The number of carbonyl (C=O) groups excluding carboxylic acids is 1. The first-order valence-corrected chi connectivity index (χ1v) is 5.69. The van der Waals surface area contributed by atoms with Gasteiger partial charge in [0.15, 0.2) is 5.82 Å². The monoisotopic (exact) mass is 280 g/mol. The summed E-state index contributed by atoms with van der Waals surface area (Å²) in [7, 11) is 1.27. The molecule has 0 aliphatic heterocycles. The first-order valence-electron chi connectivity index (χ1n) is 5.69. The molecule has 0 saturated carbocycles. The molecule has 20 heavy (non-hydrogen) atoms. The molecule has 0 radical (unpaired) electrons. The Morgan fingerprint density at radius 3 is 2.45 bits per heavy atom. The molecule has 2 N–H and O–H groups in total. The van der Waals surface area contributed by atoms with Crippen molar-refractivity contribution in [2.24, 2.45) is 0 Å². The number of hydrogen-bond acceptors (Lipinski definition) is 2. The third-order valence-electron chi connectivity index (χ3n) is 2.81. The number of hydrogen-bond donors (Lipinski definition) is 1. The second-order valence-electron chi connectivity index (χ2n) is 4.17. The first kappa shape index (κ1) is 13.9. The molecule has 0 atom stereocenters. The van der Waals surface area contributed by atoms with Crippen molar-refractivity contribution in [3.05, 3.63) is 59.4 Å². The molecule has 0 aromatic heterocycles. The molecule has 0 saturated heterocycles. The molecule has 0 heterocycles.